The summed E-state index contributed by atoms with van der Waals surface area (Å²) in [4.78, 5) is 1.44. The highest BCUT2D eigenvalue weighted by atomic mass is 32.2. The van der Waals surface area contributed by atoms with Gasteiger partial charge in [0.15, 0.2) is 0 Å². The first-order valence-electron chi connectivity index (χ1n) is 6.60. The summed E-state index contributed by atoms with van der Waals surface area (Å²) < 4.78 is 0. The fourth-order valence-electron chi connectivity index (χ4n) is 1.60. The number of benzene rings is 1. The van der Waals surface area contributed by atoms with Crippen LogP contribution in [0.5, 0.6) is 0 Å². The van der Waals surface area contributed by atoms with Gasteiger partial charge in [0.25, 0.3) is 0 Å². The molecule has 0 bridgehead atoms. The first-order valence-corrected chi connectivity index (χ1v) is 7.59. The van der Waals surface area contributed by atoms with Crippen LogP contribution >= 0.6 is 11.8 Å². The predicted molar refractivity (Wildman–Crippen MR) is 78.7 cm³/mol. The second-order valence-electron chi connectivity index (χ2n) is 4.72. The molecule has 0 aliphatic carbocycles. The molecule has 0 fully saturated rings. The summed E-state index contributed by atoms with van der Waals surface area (Å²) in [6.45, 7) is 10.9. The van der Waals surface area contributed by atoms with Crippen LogP contribution in [0.3, 0.4) is 0 Å². The molecule has 0 aliphatic heterocycles. The van der Waals surface area contributed by atoms with Gasteiger partial charge in [0.1, 0.15) is 0 Å². The maximum absolute atomic E-state index is 3.42. The maximum atomic E-state index is 3.42. The molecule has 0 saturated carbocycles. The number of aryl methyl sites for hydroxylation is 1. The highest BCUT2D eigenvalue weighted by molar-refractivity contribution is 7.99. The van der Waals surface area contributed by atoms with Crippen molar-refractivity contribution in [1.82, 2.24) is 5.32 Å². The Balaban J connectivity index is 2.68. The lowest BCUT2D eigenvalue weighted by Crippen LogP contribution is -2.12. The minimum absolute atomic E-state index is 0.799. The van der Waals surface area contributed by atoms with E-state index in [9.17, 15) is 0 Å². The molecule has 96 valence electrons. The van der Waals surface area contributed by atoms with E-state index >= 15 is 0 Å². The van der Waals surface area contributed by atoms with Crippen LogP contribution in [0.1, 0.15) is 38.3 Å². The third-order valence-electron chi connectivity index (χ3n) is 3.00. The lowest BCUT2D eigenvalue weighted by atomic mass is 10.1. The topological polar surface area (TPSA) is 12.0 Å². The Morgan fingerprint density at radius 2 is 2.06 bits per heavy atom. The molecule has 1 rings (SSSR count). The Morgan fingerprint density at radius 3 is 2.71 bits per heavy atom. The average molecular weight is 251 g/mol. The van der Waals surface area contributed by atoms with Gasteiger partial charge in [-0.2, -0.15) is 0 Å². The lowest BCUT2D eigenvalue weighted by molar-refractivity contribution is 0.636. The zero-order valence-electron chi connectivity index (χ0n) is 11.5. The second-order valence-corrected chi connectivity index (χ2v) is 5.78. The monoisotopic (exact) mass is 251 g/mol. The van der Waals surface area contributed by atoms with Crippen molar-refractivity contribution in [3.8, 4) is 0 Å². The summed E-state index contributed by atoms with van der Waals surface area (Å²) in [5.74, 6) is 2.02. The molecular formula is C15H25NS. The van der Waals surface area contributed by atoms with Crippen molar-refractivity contribution < 1.29 is 0 Å². The molecule has 0 saturated heterocycles. The number of rotatable bonds is 7. The molecule has 1 N–H and O–H groups in total. The summed E-state index contributed by atoms with van der Waals surface area (Å²) in [6, 6.07) is 6.80. The van der Waals surface area contributed by atoms with E-state index in [1.54, 1.807) is 0 Å². The molecule has 1 atom stereocenters. The van der Waals surface area contributed by atoms with E-state index in [2.05, 4.69) is 51.2 Å². The van der Waals surface area contributed by atoms with Gasteiger partial charge in [-0.05, 0) is 31.0 Å². The van der Waals surface area contributed by atoms with E-state index < -0.39 is 0 Å². The molecule has 0 heterocycles. The van der Waals surface area contributed by atoms with E-state index in [-0.39, 0.29) is 0 Å². The van der Waals surface area contributed by atoms with Crippen LogP contribution in [0.25, 0.3) is 0 Å². The van der Waals surface area contributed by atoms with Gasteiger partial charge in [0.05, 0.1) is 0 Å². The fourth-order valence-corrected chi connectivity index (χ4v) is 2.78. The van der Waals surface area contributed by atoms with Gasteiger partial charge in [0.2, 0.25) is 0 Å². The highest BCUT2D eigenvalue weighted by Gasteiger charge is 2.05. The molecular weight excluding hydrogens is 226 g/mol. The summed E-state index contributed by atoms with van der Waals surface area (Å²) in [6.07, 6.45) is 1.27. The standard InChI is InChI=1S/C15H25NS/c1-5-12(3)11-17-15-8-7-13(4)9-14(15)10-16-6-2/h7-9,12,16H,5-6,10-11H2,1-4H3. The van der Waals surface area contributed by atoms with Crippen LogP contribution in [0, 0.1) is 12.8 Å². The molecule has 1 aromatic carbocycles. The summed E-state index contributed by atoms with van der Waals surface area (Å²) in [5.41, 5.74) is 2.80. The minimum Gasteiger partial charge on any atom is -0.313 e. The summed E-state index contributed by atoms with van der Waals surface area (Å²) >= 11 is 2.00. The van der Waals surface area contributed by atoms with Crippen molar-refractivity contribution in [3.63, 3.8) is 0 Å². The molecule has 1 aromatic rings. The van der Waals surface area contributed by atoms with Gasteiger partial charge < -0.3 is 5.32 Å². The number of thioether (sulfide) groups is 1. The quantitative estimate of drug-likeness (QED) is 0.727. The average Bonchev–Trinajstić information content (AvgIpc) is 2.34. The molecule has 0 radical (unpaired) electrons. The van der Waals surface area contributed by atoms with Crippen molar-refractivity contribution in [1.29, 1.82) is 0 Å². The van der Waals surface area contributed by atoms with Crippen LogP contribution < -0.4 is 5.32 Å². The highest BCUT2D eigenvalue weighted by Crippen LogP contribution is 2.26. The minimum atomic E-state index is 0.799. The van der Waals surface area contributed by atoms with Crippen LogP contribution in [0.4, 0.5) is 0 Å². The largest absolute Gasteiger partial charge is 0.313 e. The van der Waals surface area contributed by atoms with Gasteiger partial charge >= 0.3 is 0 Å². The van der Waals surface area contributed by atoms with Crippen molar-refractivity contribution in [3.05, 3.63) is 29.3 Å². The first kappa shape index (κ1) is 14.6. The molecule has 0 aliphatic rings. The van der Waals surface area contributed by atoms with E-state index in [1.807, 2.05) is 11.8 Å². The molecule has 0 aromatic heterocycles. The van der Waals surface area contributed by atoms with E-state index in [0.717, 1.165) is 19.0 Å². The maximum Gasteiger partial charge on any atom is 0.0216 e. The van der Waals surface area contributed by atoms with Crippen molar-refractivity contribution >= 4 is 11.8 Å². The lowest BCUT2D eigenvalue weighted by Gasteiger charge is -2.13. The Bertz CT molecular complexity index is 336. The number of nitrogens with one attached hydrogen (secondary N) is 1. The van der Waals surface area contributed by atoms with Gasteiger partial charge in [-0.3, -0.25) is 0 Å². The van der Waals surface area contributed by atoms with Gasteiger partial charge in [-0.15, -0.1) is 11.8 Å². The molecule has 1 nitrogen and oxygen atoms in total. The Labute approximate surface area is 110 Å². The zero-order chi connectivity index (χ0) is 12.7. The Morgan fingerprint density at radius 1 is 1.29 bits per heavy atom. The molecule has 0 spiro atoms. The van der Waals surface area contributed by atoms with E-state index in [0.29, 0.717) is 0 Å². The summed E-state index contributed by atoms with van der Waals surface area (Å²) in [7, 11) is 0. The smallest absolute Gasteiger partial charge is 0.0216 e. The van der Waals surface area contributed by atoms with Gasteiger partial charge in [0, 0.05) is 17.2 Å². The van der Waals surface area contributed by atoms with Crippen LogP contribution in [-0.4, -0.2) is 12.3 Å². The van der Waals surface area contributed by atoms with Crippen LogP contribution in [0.2, 0.25) is 0 Å². The normalized spacial score (nSPS) is 12.7. The van der Waals surface area contributed by atoms with Crippen molar-refractivity contribution in [2.75, 3.05) is 12.3 Å². The Hall–Kier alpha value is -0.470. The predicted octanol–water partition coefficient (Wildman–Crippen LogP) is 4.24. The second kappa shape index (κ2) is 7.78. The van der Waals surface area contributed by atoms with Crippen LogP contribution in [0.15, 0.2) is 23.1 Å². The fraction of sp³-hybridized carbons (Fsp3) is 0.600. The number of hydrogen-bond donors (Lipinski definition) is 1. The first-order chi connectivity index (χ1) is 8.17. The van der Waals surface area contributed by atoms with Crippen molar-refractivity contribution in [2.45, 2.75) is 45.6 Å². The van der Waals surface area contributed by atoms with Gasteiger partial charge in [-0.25, -0.2) is 0 Å². The van der Waals surface area contributed by atoms with E-state index in [4.69, 9.17) is 0 Å². The zero-order valence-corrected chi connectivity index (χ0v) is 12.4. The summed E-state index contributed by atoms with van der Waals surface area (Å²) in [5, 5.41) is 3.42. The Kier molecular flexibility index (Phi) is 6.68. The van der Waals surface area contributed by atoms with Crippen molar-refractivity contribution in [2.24, 2.45) is 5.92 Å². The third kappa shape index (κ3) is 5.13. The van der Waals surface area contributed by atoms with E-state index in [1.165, 1.54) is 28.2 Å². The van der Waals surface area contributed by atoms with Crippen LogP contribution in [-0.2, 0) is 6.54 Å². The molecule has 0 amide bonds. The molecule has 17 heavy (non-hydrogen) atoms. The third-order valence-corrected chi connectivity index (χ3v) is 4.45. The molecule has 1 unspecified atom stereocenters. The molecule has 2 heteroatoms. The number of hydrogen-bond acceptors (Lipinski definition) is 2. The van der Waals surface area contributed by atoms with Gasteiger partial charge in [-0.1, -0.05) is 44.9 Å². The SMILES string of the molecule is CCNCc1cc(C)ccc1SCC(C)CC.